The molecule has 8 nitrogen and oxygen atoms in total. The summed E-state index contributed by atoms with van der Waals surface area (Å²) in [7, 11) is -4.23. The summed E-state index contributed by atoms with van der Waals surface area (Å²) in [6, 6.07) is 25.6. The molecule has 0 aliphatic rings. The number of carbonyl (C=O) groups excluding carboxylic acids is 1. The van der Waals surface area contributed by atoms with Crippen LogP contribution in [0.1, 0.15) is 10.4 Å². The van der Waals surface area contributed by atoms with Crippen LogP contribution < -0.4 is 9.46 Å². The number of nitrogens with zero attached hydrogens (tertiary/aromatic N) is 3. The molecule has 2 heterocycles. The summed E-state index contributed by atoms with van der Waals surface area (Å²) >= 11 is 3.49. The van der Waals surface area contributed by atoms with Crippen molar-refractivity contribution in [1.29, 1.82) is 0 Å². The third-order valence-corrected chi connectivity index (χ3v) is 7.36. The molecule has 10 heteroatoms. The molecule has 0 unspecified atom stereocenters. The van der Waals surface area contributed by atoms with E-state index >= 15 is 0 Å². The molecule has 0 bridgehead atoms. The van der Waals surface area contributed by atoms with Crippen LogP contribution in [0.3, 0.4) is 0 Å². The molecule has 0 saturated carbocycles. The fraction of sp³-hybridized carbons (Fsp3) is 0. The van der Waals surface area contributed by atoms with Crippen molar-refractivity contribution in [2.24, 2.45) is 0 Å². The van der Waals surface area contributed by atoms with Crippen LogP contribution in [0, 0.1) is 0 Å². The van der Waals surface area contributed by atoms with E-state index in [0.29, 0.717) is 32.9 Å². The largest absolute Gasteiger partial charge is 0.457 e. The molecule has 0 fully saturated rings. The monoisotopic (exact) mass is 574 g/mol. The van der Waals surface area contributed by atoms with E-state index in [9.17, 15) is 13.2 Å². The number of sulfonamides is 1. The van der Waals surface area contributed by atoms with E-state index in [4.69, 9.17) is 4.74 Å². The zero-order chi connectivity index (χ0) is 25.8. The summed E-state index contributed by atoms with van der Waals surface area (Å²) in [5.74, 6) is 0.0593. The Morgan fingerprint density at radius 2 is 1.57 bits per heavy atom. The Kier molecular flexibility index (Phi) is 6.85. The van der Waals surface area contributed by atoms with Crippen LogP contribution in [-0.2, 0) is 10.0 Å². The lowest BCUT2D eigenvalue weighted by atomic mass is 10.1. The zero-order valence-corrected chi connectivity index (χ0v) is 21.6. The number of para-hydroxylation sites is 1. The Balaban J connectivity index is 1.48. The lowest BCUT2D eigenvalue weighted by Crippen LogP contribution is -2.30. The van der Waals surface area contributed by atoms with Gasteiger partial charge in [0.2, 0.25) is 0 Å². The van der Waals surface area contributed by atoms with E-state index in [-0.39, 0.29) is 10.5 Å². The van der Waals surface area contributed by atoms with Gasteiger partial charge >= 0.3 is 0 Å². The van der Waals surface area contributed by atoms with Crippen LogP contribution in [0.15, 0.2) is 119 Å². The van der Waals surface area contributed by atoms with Gasteiger partial charge in [-0.3, -0.25) is 9.78 Å². The number of amides is 1. The lowest BCUT2D eigenvalue weighted by molar-refractivity contribution is 0.0982. The van der Waals surface area contributed by atoms with Crippen molar-refractivity contribution < 1.29 is 17.9 Å². The Morgan fingerprint density at radius 3 is 2.32 bits per heavy atom. The van der Waals surface area contributed by atoms with E-state index in [1.165, 1.54) is 23.0 Å². The van der Waals surface area contributed by atoms with E-state index in [0.717, 1.165) is 0 Å². The van der Waals surface area contributed by atoms with Crippen LogP contribution in [0.25, 0.3) is 16.9 Å². The molecule has 184 valence electrons. The summed E-state index contributed by atoms with van der Waals surface area (Å²) in [6.45, 7) is 0. The van der Waals surface area contributed by atoms with Crippen molar-refractivity contribution in [3.8, 4) is 28.4 Å². The fourth-order valence-corrected chi connectivity index (χ4v) is 5.06. The standard InChI is InChI=1S/C27H19BrN4O4S/c28-25-12-5-4-11-23(25)26-24(18-32(30-26)19-13-15-29-16-14-19)27(33)31-37(34,35)22-10-6-9-21(17-22)36-20-7-2-1-3-8-20/h1-18H,(H,31,33). The molecule has 0 aliphatic heterocycles. The predicted molar refractivity (Wildman–Crippen MR) is 142 cm³/mol. The zero-order valence-electron chi connectivity index (χ0n) is 19.2. The molecule has 1 amide bonds. The van der Waals surface area contributed by atoms with Crippen LogP contribution in [0.5, 0.6) is 11.5 Å². The highest BCUT2D eigenvalue weighted by atomic mass is 79.9. The second-order valence-electron chi connectivity index (χ2n) is 7.85. The van der Waals surface area contributed by atoms with Crippen LogP contribution in [0.2, 0.25) is 0 Å². The van der Waals surface area contributed by atoms with Crippen LogP contribution in [0.4, 0.5) is 0 Å². The van der Waals surface area contributed by atoms with Crippen LogP contribution >= 0.6 is 15.9 Å². The molecule has 5 aromatic rings. The highest BCUT2D eigenvalue weighted by Gasteiger charge is 2.25. The molecule has 5 rings (SSSR count). The quantitative estimate of drug-likeness (QED) is 0.271. The highest BCUT2D eigenvalue weighted by molar-refractivity contribution is 9.10. The molecule has 0 aliphatic carbocycles. The first kappa shape index (κ1) is 24.4. The van der Waals surface area contributed by atoms with Gasteiger partial charge < -0.3 is 4.74 Å². The molecule has 0 spiro atoms. The number of halogens is 1. The summed E-state index contributed by atoms with van der Waals surface area (Å²) in [5, 5.41) is 4.58. The molecular weight excluding hydrogens is 556 g/mol. The predicted octanol–water partition coefficient (Wildman–Crippen LogP) is 5.61. The Labute approximate surface area is 221 Å². The molecule has 0 atom stereocenters. The van der Waals surface area contributed by atoms with Gasteiger partial charge in [0.1, 0.15) is 17.2 Å². The first-order valence-corrected chi connectivity index (χ1v) is 13.3. The van der Waals surface area contributed by atoms with E-state index < -0.39 is 15.9 Å². The highest BCUT2D eigenvalue weighted by Crippen LogP contribution is 2.31. The maximum atomic E-state index is 13.4. The van der Waals surface area contributed by atoms with E-state index in [1.807, 2.05) is 36.4 Å². The van der Waals surface area contributed by atoms with Gasteiger partial charge in [0, 0.05) is 34.7 Å². The van der Waals surface area contributed by atoms with E-state index in [1.54, 1.807) is 54.9 Å². The Morgan fingerprint density at radius 1 is 0.865 bits per heavy atom. The Hall–Kier alpha value is -4.28. The fourth-order valence-electron chi connectivity index (χ4n) is 3.59. The van der Waals surface area contributed by atoms with Gasteiger partial charge in [0.15, 0.2) is 0 Å². The smallest absolute Gasteiger partial charge is 0.268 e. The number of rotatable bonds is 7. The van der Waals surface area contributed by atoms with Gasteiger partial charge in [0.05, 0.1) is 16.1 Å². The van der Waals surface area contributed by atoms with Gasteiger partial charge in [-0.15, -0.1) is 0 Å². The van der Waals surface area contributed by atoms with Crippen molar-refractivity contribution in [2.45, 2.75) is 4.90 Å². The number of aromatic nitrogens is 3. The summed E-state index contributed by atoms with van der Waals surface area (Å²) in [4.78, 5) is 17.2. The van der Waals surface area contributed by atoms with Crippen molar-refractivity contribution in [3.05, 3.63) is 120 Å². The number of ether oxygens (including phenoxy) is 1. The number of pyridine rings is 1. The normalized spacial score (nSPS) is 11.2. The average Bonchev–Trinajstić information content (AvgIpc) is 3.36. The SMILES string of the molecule is O=C(NS(=O)(=O)c1cccc(Oc2ccccc2)c1)c1cn(-c2ccncc2)nc1-c1ccccc1Br. The summed E-state index contributed by atoms with van der Waals surface area (Å²) < 4.78 is 36.5. The minimum Gasteiger partial charge on any atom is -0.457 e. The number of hydrogen-bond donors (Lipinski definition) is 1. The van der Waals surface area contributed by atoms with Crippen LogP contribution in [-0.4, -0.2) is 29.1 Å². The first-order chi connectivity index (χ1) is 17.9. The lowest BCUT2D eigenvalue weighted by Gasteiger charge is -2.10. The second-order valence-corrected chi connectivity index (χ2v) is 10.4. The second kappa shape index (κ2) is 10.4. The number of nitrogens with one attached hydrogen (secondary N) is 1. The minimum absolute atomic E-state index is 0.0870. The summed E-state index contributed by atoms with van der Waals surface area (Å²) in [5.41, 5.74) is 1.70. The minimum atomic E-state index is -4.23. The maximum absolute atomic E-state index is 13.4. The first-order valence-electron chi connectivity index (χ1n) is 11.1. The molecule has 1 N–H and O–H groups in total. The van der Waals surface area contributed by atoms with Gasteiger partial charge in [-0.25, -0.2) is 17.8 Å². The Bertz CT molecular complexity index is 1670. The molecular formula is C27H19BrN4O4S. The number of carbonyl (C=O) groups is 1. The van der Waals surface area contributed by atoms with Crippen molar-refractivity contribution in [1.82, 2.24) is 19.5 Å². The van der Waals surface area contributed by atoms with E-state index in [2.05, 4.69) is 30.7 Å². The number of benzene rings is 3. The average molecular weight is 575 g/mol. The van der Waals surface area contributed by atoms with Gasteiger partial charge in [-0.1, -0.05) is 58.4 Å². The third kappa shape index (κ3) is 5.45. The molecule has 3 aromatic carbocycles. The van der Waals surface area contributed by atoms with Crippen molar-refractivity contribution in [3.63, 3.8) is 0 Å². The maximum Gasteiger partial charge on any atom is 0.268 e. The van der Waals surface area contributed by atoms with Crippen molar-refractivity contribution in [2.75, 3.05) is 0 Å². The molecule has 0 radical (unpaired) electrons. The molecule has 0 saturated heterocycles. The molecule has 2 aromatic heterocycles. The number of hydrogen-bond acceptors (Lipinski definition) is 6. The van der Waals surface area contributed by atoms with Gasteiger partial charge in [-0.05, 0) is 42.5 Å². The third-order valence-electron chi connectivity index (χ3n) is 5.34. The summed E-state index contributed by atoms with van der Waals surface area (Å²) in [6.07, 6.45) is 4.69. The van der Waals surface area contributed by atoms with Gasteiger partial charge in [0.25, 0.3) is 15.9 Å². The topological polar surface area (TPSA) is 103 Å². The van der Waals surface area contributed by atoms with Gasteiger partial charge in [-0.2, -0.15) is 5.10 Å². The molecule has 37 heavy (non-hydrogen) atoms. The van der Waals surface area contributed by atoms with Crippen molar-refractivity contribution >= 4 is 31.9 Å².